The van der Waals surface area contributed by atoms with Crippen molar-refractivity contribution in [3.8, 4) is 0 Å². The molecular formula is C11H13BrN2O3. The van der Waals surface area contributed by atoms with Crippen LogP contribution in [-0.4, -0.2) is 23.1 Å². The highest BCUT2D eigenvalue weighted by molar-refractivity contribution is 9.11. The highest BCUT2D eigenvalue weighted by Gasteiger charge is 2.09. The Balaban J connectivity index is 2.54. The Labute approximate surface area is 107 Å². The normalized spacial score (nSPS) is 12.1. The molecule has 1 aromatic rings. The van der Waals surface area contributed by atoms with Gasteiger partial charge in [-0.1, -0.05) is 22.5 Å². The molecule has 0 aromatic heterocycles. The van der Waals surface area contributed by atoms with E-state index < -0.39 is 11.0 Å². The highest BCUT2D eigenvalue weighted by atomic mass is 79.9. The van der Waals surface area contributed by atoms with Gasteiger partial charge in [0.05, 0.1) is 11.0 Å². The zero-order valence-electron chi connectivity index (χ0n) is 9.10. The van der Waals surface area contributed by atoms with Crippen LogP contribution in [0.25, 0.3) is 0 Å². The molecule has 0 aliphatic carbocycles. The average molecular weight is 301 g/mol. The van der Waals surface area contributed by atoms with Crippen molar-refractivity contribution >= 4 is 21.6 Å². The summed E-state index contributed by atoms with van der Waals surface area (Å²) in [4.78, 5) is 9.98. The van der Waals surface area contributed by atoms with Gasteiger partial charge in [-0.2, -0.15) is 0 Å². The molecule has 0 saturated heterocycles. The summed E-state index contributed by atoms with van der Waals surface area (Å²) in [7, 11) is 0. The zero-order valence-corrected chi connectivity index (χ0v) is 10.7. The number of halogens is 1. The Morgan fingerprint density at radius 3 is 2.59 bits per heavy atom. The molecule has 0 radical (unpaired) electrons. The molecule has 0 saturated carbocycles. The number of non-ortho nitro benzene ring substituents is 1. The fraction of sp³-hybridized carbons (Fsp3) is 0.273. The predicted molar refractivity (Wildman–Crippen MR) is 69.0 cm³/mol. The van der Waals surface area contributed by atoms with Crippen molar-refractivity contribution in [2.75, 3.05) is 13.1 Å². The molecule has 0 spiro atoms. The van der Waals surface area contributed by atoms with Crippen LogP contribution in [0, 0.1) is 10.1 Å². The SMILES string of the molecule is C=C(Br)CNCC(O)c1ccc([N+](=O)[O-])cc1. The lowest BCUT2D eigenvalue weighted by Crippen LogP contribution is -2.22. The van der Waals surface area contributed by atoms with Crippen LogP contribution in [0.4, 0.5) is 5.69 Å². The number of hydrogen-bond acceptors (Lipinski definition) is 4. The molecule has 0 amide bonds. The molecule has 2 N–H and O–H groups in total. The van der Waals surface area contributed by atoms with Crippen LogP contribution in [-0.2, 0) is 0 Å². The van der Waals surface area contributed by atoms with Gasteiger partial charge in [0, 0.05) is 29.7 Å². The number of nitrogens with one attached hydrogen (secondary N) is 1. The van der Waals surface area contributed by atoms with Gasteiger partial charge >= 0.3 is 0 Å². The number of hydrogen-bond donors (Lipinski definition) is 2. The monoisotopic (exact) mass is 300 g/mol. The van der Waals surface area contributed by atoms with Gasteiger partial charge in [0.15, 0.2) is 0 Å². The number of nitrogens with zero attached hydrogens (tertiary/aromatic N) is 1. The zero-order chi connectivity index (χ0) is 12.8. The van der Waals surface area contributed by atoms with E-state index in [0.717, 1.165) is 4.48 Å². The van der Waals surface area contributed by atoms with Gasteiger partial charge in [-0.05, 0) is 17.7 Å². The van der Waals surface area contributed by atoms with E-state index in [-0.39, 0.29) is 5.69 Å². The van der Waals surface area contributed by atoms with E-state index in [9.17, 15) is 15.2 Å². The lowest BCUT2D eigenvalue weighted by Gasteiger charge is -2.11. The number of benzene rings is 1. The van der Waals surface area contributed by atoms with Gasteiger partial charge in [-0.3, -0.25) is 10.1 Å². The minimum Gasteiger partial charge on any atom is -0.387 e. The van der Waals surface area contributed by atoms with E-state index in [0.29, 0.717) is 18.7 Å². The Hall–Kier alpha value is -1.24. The maximum absolute atomic E-state index is 10.4. The molecule has 17 heavy (non-hydrogen) atoms. The molecule has 0 fully saturated rings. The number of aliphatic hydroxyl groups excluding tert-OH is 1. The summed E-state index contributed by atoms with van der Waals surface area (Å²) in [6.45, 7) is 4.58. The lowest BCUT2D eigenvalue weighted by molar-refractivity contribution is -0.384. The van der Waals surface area contributed by atoms with Gasteiger partial charge in [0.1, 0.15) is 0 Å². The van der Waals surface area contributed by atoms with Gasteiger partial charge in [0.25, 0.3) is 5.69 Å². The van der Waals surface area contributed by atoms with Gasteiger partial charge < -0.3 is 10.4 Å². The van der Waals surface area contributed by atoms with Crippen LogP contribution < -0.4 is 5.32 Å². The van der Waals surface area contributed by atoms with Crippen molar-refractivity contribution in [2.45, 2.75) is 6.10 Å². The van der Waals surface area contributed by atoms with Crippen LogP contribution in [0.2, 0.25) is 0 Å². The van der Waals surface area contributed by atoms with Crippen LogP contribution in [0.1, 0.15) is 11.7 Å². The summed E-state index contributed by atoms with van der Waals surface area (Å²) in [6, 6.07) is 5.85. The highest BCUT2D eigenvalue weighted by Crippen LogP contribution is 2.17. The molecule has 0 heterocycles. The fourth-order valence-electron chi connectivity index (χ4n) is 1.28. The third-order valence-corrected chi connectivity index (χ3v) is 2.42. The Morgan fingerprint density at radius 1 is 1.53 bits per heavy atom. The molecule has 92 valence electrons. The second-order valence-electron chi connectivity index (χ2n) is 3.51. The third kappa shape index (κ3) is 4.64. The Bertz CT molecular complexity index is 406. The van der Waals surface area contributed by atoms with Crippen LogP contribution in [0.5, 0.6) is 0 Å². The fourth-order valence-corrected chi connectivity index (χ4v) is 1.48. The summed E-state index contributed by atoms with van der Waals surface area (Å²) in [6.07, 6.45) is -0.692. The van der Waals surface area contributed by atoms with Crippen LogP contribution in [0.15, 0.2) is 35.3 Å². The molecule has 1 rings (SSSR count). The van der Waals surface area contributed by atoms with Crippen molar-refractivity contribution < 1.29 is 10.0 Å². The van der Waals surface area contributed by atoms with E-state index in [1.807, 2.05) is 0 Å². The minimum atomic E-state index is -0.692. The first-order valence-corrected chi connectivity index (χ1v) is 5.76. The molecule has 0 bridgehead atoms. The maximum atomic E-state index is 10.4. The lowest BCUT2D eigenvalue weighted by atomic mass is 10.1. The molecular weight excluding hydrogens is 288 g/mol. The van der Waals surface area contributed by atoms with Gasteiger partial charge in [0.2, 0.25) is 0 Å². The summed E-state index contributed by atoms with van der Waals surface area (Å²) in [5.41, 5.74) is 0.658. The van der Waals surface area contributed by atoms with E-state index in [1.165, 1.54) is 12.1 Å². The van der Waals surface area contributed by atoms with Crippen molar-refractivity contribution in [1.82, 2.24) is 5.32 Å². The number of nitro groups is 1. The molecule has 1 atom stereocenters. The van der Waals surface area contributed by atoms with Crippen molar-refractivity contribution in [2.24, 2.45) is 0 Å². The predicted octanol–water partition coefficient (Wildman–Crippen LogP) is 2.13. The quantitative estimate of drug-likeness (QED) is 0.623. The first-order chi connectivity index (χ1) is 8.00. The van der Waals surface area contributed by atoms with Crippen LogP contribution >= 0.6 is 15.9 Å². The van der Waals surface area contributed by atoms with Crippen molar-refractivity contribution in [3.05, 3.63) is 51.0 Å². The first kappa shape index (κ1) is 13.8. The molecule has 6 heteroatoms. The number of aliphatic hydroxyl groups is 1. The number of rotatable bonds is 6. The molecule has 0 aliphatic rings. The molecule has 1 unspecified atom stereocenters. The summed E-state index contributed by atoms with van der Waals surface area (Å²) in [5, 5.41) is 23.2. The topological polar surface area (TPSA) is 75.4 Å². The molecule has 0 aliphatic heterocycles. The van der Waals surface area contributed by atoms with E-state index >= 15 is 0 Å². The van der Waals surface area contributed by atoms with Crippen molar-refractivity contribution in [3.63, 3.8) is 0 Å². The van der Waals surface area contributed by atoms with Gasteiger partial charge in [-0.25, -0.2) is 0 Å². The Kier molecular flexibility index (Phi) is 5.27. The smallest absolute Gasteiger partial charge is 0.269 e. The van der Waals surface area contributed by atoms with E-state index in [4.69, 9.17) is 0 Å². The standard InChI is InChI=1S/C11H13BrN2O3/c1-8(12)6-13-7-11(15)9-2-4-10(5-3-9)14(16)17/h2-5,11,13,15H,1,6-7H2. The first-order valence-electron chi connectivity index (χ1n) is 4.97. The molecule has 1 aromatic carbocycles. The minimum absolute atomic E-state index is 0.0164. The largest absolute Gasteiger partial charge is 0.387 e. The summed E-state index contributed by atoms with van der Waals surface area (Å²) >= 11 is 3.19. The average Bonchev–Trinajstić information content (AvgIpc) is 2.28. The van der Waals surface area contributed by atoms with Gasteiger partial charge in [-0.15, -0.1) is 0 Å². The molecule has 5 nitrogen and oxygen atoms in total. The van der Waals surface area contributed by atoms with E-state index in [2.05, 4.69) is 27.8 Å². The summed E-state index contributed by atoms with van der Waals surface area (Å²) in [5.74, 6) is 0. The van der Waals surface area contributed by atoms with E-state index in [1.54, 1.807) is 12.1 Å². The third-order valence-electron chi connectivity index (χ3n) is 2.14. The number of nitro benzene ring substituents is 1. The maximum Gasteiger partial charge on any atom is 0.269 e. The van der Waals surface area contributed by atoms with Crippen LogP contribution in [0.3, 0.4) is 0 Å². The summed E-state index contributed by atoms with van der Waals surface area (Å²) < 4.78 is 0.799. The second kappa shape index (κ2) is 6.48. The van der Waals surface area contributed by atoms with Crippen molar-refractivity contribution in [1.29, 1.82) is 0 Å². The Morgan fingerprint density at radius 2 is 2.12 bits per heavy atom. The second-order valence-corrected chi connectivity index (χ2v) is 4.63.